The van der Waals surface area contributed by atoms with Gasteiger partial charge in [-0.05, 0) is 24.5 Å². The fourth-order valence-corrected chi connectivity index (χ4v) is 1.74. The van der Waals surface area contributed by atoms with E-state index in [0.717, 1.165) is 16.8 Å². The Bertz CT molecular complexity index is 370. The van der Waals surface area contributed by atoms with Gasteiger partial charge in [0.1, 0.15) is 11.5 Å². The second-order valence-electron chi connectivity index (χ2n) is 3.32. The van der Waals surface area contributed by atoms with Crippen LogP contribution in [-0.2, 0) is 4.65 Å². The highest BCUT2D eigenvalue weighted by molar-refractivity contribution is 6.50. The molecule has 1 aromatic carbocycles. The van der Waals surface area contributed by atoms with Gasteiger partial charge in [0.25, 0.3) is 0 Å². The first-order valence-electron chi connectivity index (χ1n) is 4.95. The molecule has 0 bridgehead atoms. The van der Waals surface area contributed by atoms with Gasteiger partial charge in [-0.2, -0.15) is 0 Å². The highest BCUT2D eigenvalue weighted by Crippen LogP contribution is 2.31. The highest BCUT2D eigenvalue weighted by atomic mass is 16.5. The summed E-state index contributed by atoms with van der Waals surface area (Å²) in [4.78, 5) is 0. The average Bonchev–Trinajstić information content (AvgIpc) is 2.67. The normalized spacial score (nSPS) is 18.4. The molecule has 0 saturated heterocycles. The van der Waals surface area contributed by atoms with E-state index in [4.69, 9.17) is 15.1 Å². The molecule has 3 N–H and O–H groups in total. The number of nitrogens with two attached hydrogens (primary N) is 1. The number of benzene rings is 1. The van der Waals surface area contributed by atoms with Crippen LogP contribution in [0.5, 0.6) is 11.5 Å². The van der Waals surface area contributed by atoms with Crippen LogP contribution in [0, 0.1) is 0 Å². The quantitative estimate of drug-likeness (QED) is 0.686. The van der Waals surface area contributed by atoms with Gasteiger partial charge in [0, 0.05) is 12.1 Å². The molecule has 15 heavy (non-hydrogen) atoms. The van der Waals surface area contributed by atoms with E-state index < -0.39 is 0 Å². The first-order valence-corrected chi connectivity index (χ1v) is 4.95. The van der Waals surface area contributed by atoms with Crippen molar-refractivity contribution in [2.45, 2.75) is 13.0 Å². The monoisotopic (exact) mass is 206 g/mol. The Morgan fingerprint density at radius 1 is 1.60 bits per heavy atom. The van der Waals surface area contributed by atoms with Gasteiger partial charge in [0.05, 0.1) is 12.7 Å². The van der Waals surface area contributed by atoms with Gasteiger partial charge in [-0.3, -0.25) is 0 Å². The molecule has 2 rings (SSSR count). The molecular formula is C10H13BNO3. The fourth-order valence-electron chi connectivity index (χ4n) is 1.74. The number of aromatic hydroxyl groups is 1. The lowest BCUT2D eigenvalue weighted by Crippen LogP contribution is -2.16. The van der Waals surface area contributed by atoms with Crippen LogP contribution < -0.4 is 15.9 Å². The van der Waals surface area contributed by atoms with Gasteiger partial charge < -0.3 is 20.2 Å². The van der Waals surface area contributed by atoms with Crippen LogP contribution in [0.1, 0.15) is 18.6 Å². The van der Waals surface area contributed by atoms with E-state index >= 15 is 0 Å². The fraction of sp³-hybridized carbons (Fsp3) is 0.400. The maximum atomic E-state index is 9.71. The van der Waals surface area contributed by atoms with E-state index in [-0.39, 0.29) is 11.9 Å². The average molecular weight is 206 g/mol. The van der Waals surface area contributed by atoms with Gasteiger partial charge in [-0.1, -0.05) is 0 Å². The molecule has 1 atom stereocenters. The molecular weight excluding hydrogens is 193 g/mol. The molecule has 0 saturated carbocycles. The third-order valence-electron chi connectivity index (χ3n) is 2.41. The van der Waals surface area contributed by atoms with Crippen molar-refractivity contribution in [2.24, 2.45) is 5.73 Å². The van der Waals surface area contributed by atoms with Crippen LogP contribution in [0.2, 0.25) is 0 Å². The van der Waals surface area contributed by atoms with E-state index in [1.165, 1.54) is 0 Å². The molecule has 1 aliphatic rings. The molecule has 0 amide bonds. The lowest BCUT2D eigenvalue weighted by Gasteiger charge is -2.12. The molecule has 0 aliphatic carbocycles. The Kier molecular flexibility index (Phi) is 2.84. The number of hydrogen-bond acceptors (Lipinski definition) is 4. The molecule has 0 fully saturated rings. The van der Waals surface area contributed by atoms with Crippen LogP contribution in [0.4, 0.5) is 0 Å². The Balaban J connectivity index is 2.44. The Labute approximate surface area is 89.3 Å². The number of rotatable bonds is 3. The molecule has 0 spiro atoms. The highest BCUT2D eigenvalue weighted by Gasteiger charge is 2.29. The zero-order chi connectivity index (χ0) is 10.8. The van der Waals surface area contributed by atoms with Crippen molar-refractivity contribution in [1.82, 2.24) is 0 Å². The summed E-state index contributed by atoms with van der Waals surface area (Å²) in [7, 11) is 1.59. The SMILES string of the molecule is CCOc1ccc(O)c2c1[B]OC2CN. The number of phenols is 1. The predicted octanol–water partition coefficient (Wildman–Crippen LogP) is 0.0654. The second kappa shape index (κ2) is 4.12. The van der Waals surface area contributed by atoms with Crippen LogP contribution in [0.25, 0.3) is 0 Å². The summed E-state index contributed by atoms with van der Waals surface area (Å²) in [5.41, 5.74) is 7.07. The summed E-state index contributed by atoms with van der Waals surface area (Å²) in [5, 5.41) is 9.71. The van der Waals surface area contributed by atoms with Gasteiger partial charge in [-0.15, -0.1) is 0 Å². The minimum atomic E-state index is -0.264. The number of fused-ring (bicyclic) bond motifs is 1. The largest absolute Gasteiger partial charge is 0.508 e. The van der Waals surface area contributed by atoms with E-state index in [0.29, 0.717) is 13.2 Å². The third-order valence-corrected chi connectivity index (χ3v) is 2.41. The summed E-state index contributed by atoms with van der Waals surface area (Å²) >= 11 is 0. The molecule has 1 unspecified atom stereocenters. The summed E-state index contributed by atoms with van der Waals surface area (Å²) in [5.74, 6) is 0.930. The summed E-state index contributed by atoms with van der Waals surface area (Å²) in [6, 6.07) is 3.34. The Morgan fingerprint density at radius 3 is 3.07 bits per heavy atom. The summed E-state index contributed by atoms with van der Waals surface area (Å²) in [6.07, 6.45) is -0.264. The van der Waals surface area contributed by atoms with E-state index in [2.05, 4.69) is 0 Å². The van der Waals surface area contributed by atoms with E-state index in [9.17, 15) is 5.11 Å². The topological polar surface area (TPSA) is 64.7 Å². The van der Waals surface area contributed by atoms with Crippen LogP contribution >= 0.6 is 0 Å². The van der Waals surface area contributed by atoms with E-state index in [1.807, 2.05) is 6.92 Å². The maximum Gasteiger partial charge on any atom is 0.335 e. The standard InChI is InChI=1S/C10H13BNO3/c1-2-14-7-4-3-6(13)9-8(5-12)15-11-10(7)9/h3-4,8,13H,2,5,12H2,1H3. The first kappa shape index (κ1) is 10.3. The molecule has 1 heterocycles. The lowest BCUT2D eigenvalue weighted by molar-refractivity contribution is 0.238. The van der Waals surface area contributed by atoms with Crippen LogP contribution in [0.15, 0.2) is 12.1 Å². The summed E-state index contributed by atoms with van der Waals surface area (Å²) < 4.78 is 10.8. The number of phenolic OH excluding ortho intramolecular Hbond substituents is 1. The maximum absolute atomic E-state index is 9.71. The van der Waals surface area contributed by atoms with Crippen molar-refractivity contribution in [3.63, 3.8) is 0 Å². The van der Waals surface area contributed by atoms with Crippen molar-refractivity contribution in [2.75, 3.05) is 13.2 Å². The van der Waals surface area contributed by atoms with Crippen molar-refractivity contribution in [1.29, 1.82) is 0 Å². The molecule has 0 aromatic heterocycles. The third kappa shape index (κ3) is 1.68. The Morgan fingerprint density at radius 2 is 2.40 bits per heavy atom. The van der Waals surface area contributed by atoms with Crippen molar-refractivity contribution in [3.8, 4) is 11.5 Å². The van der Waals surface area contributed by atoms with Gasteiger partial charge >= 0.3 is 7.48 Å². The first-order chi connectivity index (χ1) is 7.27. The summed E-state index contributed by atoms with van der Waals surface area (Å²) in [6.45, 7) is 2.83. The number of hydrogen-bond donors (Lipinski definition) is 2. The molecule has 5 heteroatoms. The molecule has 1 radical (unpaired) electrons. The van der Waals surface area contributed by atoms with Gasteiger partial charge in [-0.25, -0.2) is 0 Å². The van der Waals surface area contributed by atoms with Crippen molar-refractivity contribution >= 4 is 12.9 Å². The molecule has 1 aliphatic heterocycles. The molecule has 79 valence electrons. The minimum absolute atomic E-state index is 0.206. The zero-order valence-corrected chi connectivity index (χ0v) is 8.56. The predicted molar refractivity (Wildman–Crippen MR) is 57.5 cm³/mol. The van der Waals surface area contributed by atoms with Crippen molar-refractivity contribution < 1.29 is 14.5 Å². The van der Waals surface area contributed by atoms with Gasteiger partial charge in [0.15, 0.2) is 0 Å². The van der Waals surface area contributed by atoms with Crippen molar-refractivity contribution in [3.05, 3.63) is 17.7 Å². The van der Waals surface area contributed by atoms with Gasteiger partial charge in [0.2, 0.25) is 0 Å². The van der Waals surface area contributed by atoms with E-state index in [1.54, 1.807) is 19.6 Å². The zero-order valence-electron chi connectivity index (χ0n) is 8.56. The minimum Gasteiger partial charge on any atom is -0.508 e. The second-order valence-corrected chi connectivity index (χ2v) is 3.32. The molecule has 1 aromatic rings. The van der Waals surface area contributed by atoms with Crippen LogP contribution in [-0.4, -0.2) is 25.7 Å². The Hall–Kier alpha value is -1.20. The van der Waals surface area contributed by atoms with Crippen LogP contribution in [0.3, 0.4) is 0 Å². The smallest absolute Gasteiger partial charge is 0.335 e. The lowest BCUT2D eigenvalue weighted by atomic mass is 9.85. The molecule has 4 nitrogen and oxygen atoms in total. The number of ether oxygens (including phenoxy) is 1.